The molecule has 150 valence electrons. The van der Waals surface area contributed by atoms with Gasteiger partial charge in [-0.1, -0.05) is 23.8 Å². The van der Waals surface area contributed by atoms with Gasteiger partial charge in [0.1, 0.15) is 0 Å². The summed E-state index contributed by atoms with van der Waals surface area (Å²) in [5, 5.41) is 10.1. The van der Waals surface area contributed by atoms with E-state index in [2.05, 4.69) is 44.9 Å². The molecule has 1 aromatic carbocycles. The molecule has 1 N–H and O–H groups in total. The zero-order valence-electron chi connectivity index (χ0n) is 17.0. The molecular formula is C23H32N4O. The number of nitrogens with zero attached hydrogens (tertiary/aromatic N) is 4. The number of aliphatic hydroxyl groups excluding tert-OH is 1. The maximum absolute atomic E-state index is 10.1. The fourth-order valence-corrected chi connectivity index (χ4v) is 4.59. The van der Waals surface area contributed by atoms with Crippen molar-refractivity contribution in [1.82, 2.24) is 19.8 Å². The number of aryl methyl sites for hydroxylation is 1. The predicted molar refractivity (Wildman–Crippen MR) is 112 cm³/mol. The highest BCUT2D eigenvalue weighted by Crippen LogP contribution is 2.33. The normalized spacial score (nSPS) is 20.5. The van der Waals surface area contributed by atoms with Crippen molar-refractivity contribution in [3.8, 4) is 11.4 Å². The summed E-state index contributed by atoms with van der Waals surface area (Å²) in [4.78, 5) is 14.2. The number of piperidine rings is 1. The molecule has 5 heteroatoms. The highest BCUT2D eigenvalue weighted by Gasteiger charge is 2.36. The minimum atomic E-state index is 0.0896. The molecule has 1 aromatic heterocycles. The van der Waals surface area contributed by atoms with Crippen LogP contribution in [0, 0.1) is 12.3 Å². The molecule has 0 aliphatic carbocycles. The van der Waals surface area contributed by atoms with Crippen LogP contribution in [0.3, 0.4) is 0 Å². The van der Waals surface area contributed by atoms with Crippen molar-refractivity contribution < 1.29 is 5.11 Å². The molecule has 5 nitrogen and oxygen atoms in total. The topological polar surface area (TPSA) is 52.5 Å². The predicted octanol–water partition coefficient (Wildman–Crippen LogP) is 3.12. The second-order valence-corrected chi connectivity index (χ2v) is 8.70. The van der Waals surface area contributed by atoms with Crippen LogP contribution in [0.25, 0.3) is 11.4 Å². The van der Waals surface area contributed by atoms with Crippen LogP contribution in [0.1, 0.15) is 36.8 Å². The minimum absolute atomic E-state index is 0.0896. The van der Waals surface area contributed by atoms with Crippen LogP contribution in [0.5, 0.6) is 0 Å². The van der Waals surface area contributed by atoms with Gasteiger partial charge in [-0.3, -0.25) is 4.90 Å². The van der Waals surface area contributed by atoms with Crippen molar-refractivity contribution >= 4 is 0 Å². The van der Waals surface area contributed by atoms with Crippen LogP contribution in [0.15, 0.2) is 36.7 Å². The zero-order chi connectivity index (χ0) is 19.4. The van der Waals surface area contributed by atoms with Crippen LogP contribution in [-0.4, -0.2) is 64.2 Å². The monoisotopic (exact) mass is 380 g/mol. The highest BCUT2D eigenvalue weighted by molar-refractivity contribution is 5.55. The second-order valence-electron chi connectivity index (χ2n) is 8.70. The third-order valence-corrected chi connectivity index (χ3v) is 6.40. The number of likely N-dealkylation sites (tertiary alicyclic amines) is 2. The molecule has 0 atom stereocenters. The third-order valence-electron chi connectivity index (χ3n) is 6.40. The standard InChI is InChI=1S/C23H32N4O/c1-19-5-4-6-21(13-19)22-24-14-20(15-25-22)16-26-11-7-23(18-28,8-12-26)17-27-9-2-3-10-27/h4-6,13-15,28H,2-3,7-12,16-18H2,1H3. The van der Waals surface area contributed by atoms with Crippen molar-refractivity contribution in [1.29, 1.82) is 0 Å². The molecule has 2 aliphatic rings. The van der Waals surface area contributed by atoms with Crippen LogP contribution in [0.2, 0.25) is 0 Å². The first-order chi connectivity index (χ1) is 13.7. The molecule has 0 bridgehead atoms. The Balaban J connectivity index is 1.33. The number of benzene rings is 1. The van der Waals surface area contributed by atoms with E-state index in [1.165, 1.54) is 31.5 Å². The van der Waals surface area contributed by atoms with Gasteiger partial charge in [0.05, 0.1) is 6.61 Å². The van der Waals surface area contributed by atoms with E-state index in [9.17, 15) is 5.11 Å². The van der Waals surface area contributed by atoms with Gasteiger partial charge in [-0.15, -0.1) is 0 Å². The molecule has 3 heterocycles. The van der Waals surface area contributed by atoms with Crippen LogP contribution < -0.4 is 0 Å². The molecule has 28 heavy (non-hydrogen) atoms. The van der Waals surface area contributed by atoms with Gasteiger partial charge in [-0.25, -0.2) is 9.97 Å². The summed E-state index contributed by atoms with van der Waals surface area (Å²) < 4.78 is 0. The van der Waals surface area contributed by atoms with Crippen molar-refractivity contribution in [2.75, 3.05) is 39.3 Å². The summed E-state index contributed by atoms with van der Waals surface area (Å²) in [6.07, 6.45) is 8.69. The lowest BCUT2D eigenvalue weighted by Crippen LogP contribution is -2.47. The molecule has 0 unspecified atom stereocenters. The molecule has 2 fully saturated rings. The van der Waals surface area contributed by atoms with Gasteiger partial charge in [0.15, 0.2) is 5.82 Å². The first-order valence-corrected chi connectivity index (χ1v) is 10.6. The quantitative estimate of drug-likeness (QED) is 0.834. The molecule has 0 spiro atoms. The van der Waals surface area contributed by atoms with Crippen molar-refractivity contribution in [2.24, 2.45) is 5.41 Å². The Morgan fingerprint density at radius 3 is 2.36 bits per heavy atom. The van der Waals surface area contributed by atoms with Gasteiger partial charge in [0, 0.05) is 42.0 Å². The van der Waals surface area contributed by atoms with Crippen molar-refractivity contribution in [2.45, 2.75) is 39.2 Å². The Morgan fingerprint density at radius 2 is 1.71 bits per heavy atom. The third kappa shape index (κ3) is 4.59. The number of hydrogen-bond donors (Lipinski definition) is 1. The Morgan fingerprint density at radius 1 is 1.00 bits per heavy atom. The van der Waals surface area contributed by atoms with E-state index in [-0.39, 0.29) is 5.41 Å². The molecule has 2 aliphatic heterocycles. The molecule has 2 saturated heterocycles. The summed E-state index contributed by atoms with van der Waals surface area (Å²) in [7, 11) is 0. The largest absolute Gasteiger partial charge is 0.396 e. The molecule has 2 aromatic rings. The molecule has 0 radical (unpaired) electrons. The lowest BCUT2D eigenvalue weighted by molar-refractivity contribution is 0.0164. The number of hydrogen-bond acceptors (Lipinski definition) is 5. The van der Waals surface area contributed by atoms with Gasteiger partial charge in [0.25, 0.3) is 0 Å². The molecule has 4 rings (SSSR count). The van der Waals surface area contributed by atoms with E-state index < -0.39 is 0 Å². The SMILES string of the molecule is Cc1cccc(-c2ncc(CN3CCC(CO)(CN4CCCC4)CC3)cn2)c1. The lowest BCUT2D eigenvalue weighted by atomic mass is 9.78. The first kappa shape index (κ1) is 19.5. The Bertz CT molecular complexity index is 762. The minimum Gasteiger partial charge on any atom is -0.396 e. The summed E-state index contributed by atoms with van der Waals surface area (Å²) in [6, 6.07) is 8.31. The fourth-order valence-electron chi connectivity index (χ4n) is 4.59. The zero-order valence-corrected chi connectivity index (χ0v) is 17.0. The van der Waals surface area contributed by atoms with Crippen LogP contribution >= 0.6 is 0 Å². The average molecular weight is 381 g/mol. The number of aromatic nitrogens is 2. The van der Waals surface area contributed by atoms with Gasteiger partial charge >= 0.3 is 0 Å². The van der Waals surface area contributed by atoms with Gasteiger partial charge < -0.3 is 10.0 Å². The van der Waals surface area contributed by atoms with Gasteiger partial charge in [0.2, 0.25) is 0 Å². The van der Waals surface area contributed by atoms with E-state index in [1.54, 1.807) is 0 Å². The maximum Gasteiger partial charge on any atom is 0.159 e. The molecular weight excluding hydrogens is 348 g/mol. The van der Waals surface area contributed by atoms with E-state index in [0.717, 1.165) is 56.0 Å². The van der Waals surface area contributed by atoms with Crippen molar-refractivity contribution in [3.63, 3.8) is 0 Å². The Kier molecular flexibility index (Phi) is 6.04. The maximum atomic E-state index is 10.1. The molecule has 0 amide bonds. The summed E-state index contributed by atoms with van der Waals surface area (Å²) in [5.74, 6) is 0.788. The van der Waals surface area contributed by atoms with Crippen LogP contribution in [0.4, 0.5) is 0 Å². The average Bonchev–Trinajstić information content (AvgIpc) is 3.23. The van der Waals surface area contributed by atoms with E-state index in [1.807, 2.05) is 18.5 Å². The smallest absolute Gasteiger partial charge is 0.159 e. The van der Waals surface area contributed by atoms with Gasteiger partial charge in [-0.2, -0.15) is 0 Å². The van der Waals surface area contributed by atoms with Crippen LogP contribution in [-0.2, 0) is 6.54 Å². The number of rotatable bonds is 6. The lowest BCUT2D eigenvalue weighted by Gasteiger charge is -2.42. The summed E-state index contributed by atoms with van der Waals surface area (Å²) >= 11 is 0. The fraction of sp³-hybridized carbons (Fsp3) is 0.565. The molecule has 0 saturated carbocycles. The van der Waals surface area contributed by atoms with Gasteiger partial charge in [-0.05, 0) is 64.9 Å². The Labute approximate surface area is 168 Å². The summed E-state index contributed by atoms with van der Waals surface area (Å²) in [6.45, 7) is 8.83. The Hall–Kier alpha value is -1.82. The number of aliphatic hydroxyl groups is 1. The van der Waals surface area contributed by atoms with Crippen molar-refractivity contribution in [3.05, 3.63) is 47.8 Å². The first-order valence-electron chi connectivity index (χ1n) is 10.6. The van der Waals surface area contributed by atoms with E-state index >= 15 is 0 Å². The van der Waals surface area contributed by atoms with E-state index in [4.69, 9.17) is 0 Å². The highest BCUT2D eigenvalue weighted by atomic mass is 16.3. The van der Waals surface area contributed by atoms with E-state index in [0.29, 0.717) is 6.61 Å². The summed E-state index contributed by atoms with van der Waals surface area (Å²) in [5.41, 5.74) is 3.54. The second kappa shape index (κ2) is 8.68.